The van der Waals surface area contributed by atoms with Crippen LogP contribution in [0.1, 0.15) is 17.3 Å². The number of rotatable bonds is 5. The van der Waals surface area contributed by atoms with Gasteiger partial charge in [-0.1, -0.05) is 24.3 Å². The van der Waals surface area contributed by atoms with Crippen molar-refractivity contribution in [1.82, 2.24) is 0 Å². The molecule has 1 saturated heterocycles. The summed E-state index contributed by atoms with van der Waals surface area (Å²) in [5.41, 5.74) is 0.367. The summed E-state index contributed by atoms with van der Waals surface area (Å²) in [5.74, 6) is -1.10. The largest absolute Gasteiger partial charge is 0.453 e. The van der Waals surface area contributed by atoms with Crippen molar-refractivity contribution in [1.29, 1.82) is 0 Å². The second kappa shape index (κ2) is 7.82. The van der Waals surface area contributed by atoms with Crippen molar-refractivity contribution in [3.05, 3.63) is 60.2 Å². The van der Waals surface area contributed by atoms with E-state index in [1.54, 1.807) is 30.3 Å². The first-order valence-corrected chi connectivity index (χ1v) is 8.30. The second-order valence-corrected chi connectivity index (χ2v) is 6.18. The van der Waals surface area contributed by atoms with Gasteiger partial charge in [0.15, 0.2) is 6.10 Å². The van der Waals surface area contributed by atoms with E-state index in [-0.39, 0.29) is 0 Å². The predicted molar refractivity (Wildman–Crippen MR) is 90.2 cm³/mol. The fourth-order valence-electron chi connectivity index (χ4n) is 2.80. The van der Waals surface area contributed by atoms with Crippen LogP contribution in [-0.4, -0.2) is 58.8 Å². The molecule has 2 N–H and O–H groups in total. The third-order valence-electron chi connectivity index (χ3n) is 4.20. The normalized spacial score (nSPS) is 29.9. The van der Waals surface area contributed by atoms with Crippen molar-refractivity contribution < 1.29 is 34.0 Å². The monoisotopic (exact) mass is 360 g/mol. The van der Waals surface area contributed by atoms with Crippen molar-refractivity contribution in [3.63, 3.8) is 0 Å². The van der Waals surface area contributed by atoms with E-state index in [2.05, 4.69) is 0 Å². The van der Waals surface area contributed by atoms with Gasteiger partial charge in [-0.3, -0.25) is 0 Å². The molecule has 0 aliphatic carbocycles. The summed E-state index contributed by atoms with van der Waals surface area (Å²) < 4.78 is 16.0. The molecule has 0 saturated carbocycles. The van der Waals surface area contributed by atoms with Crippen LogP contribution in [0.5, 0.6) is 0 Å². The third-order valence-corrected chi connectivity index (χ3v) is 4.20. The molecule has 26 heavy (non-hydrogen) atoms. The van der Waals surface area contributed by atoms with E-state index in [1.165, 1.54) is 31.2 Å². The maximum absolute atomic E-state index is 12.1. The van der Waals surface area contributed by atoms with Crippen LogP contribution in [0.25, 0.3) is 0 Å². The molecular formula is C19H20O7. The molecule has 1 aromatic carbocycles. The molecule has 0 radical (unpaired) electrons. The average molecular weight is 360 g/mol. The van der Waals surface area contributed by atoms with E-state index in [1.807, 2.05) is 0 Å². The molecule has 6 atom stereocenters. The van der Waals surface area contributed by atoms with Gasteiger partial charge in [-0.05, 0) is 31.2 Å². The van der Waals surface area contributed by atoms with Gasteiger partial charge in [0.05, 0.1) is 11.7 Å². The number of fused-ring (bicyclic) bond motifs is 1. The number of aliphatic hydroxyl groups excluding tert-OH is 2. The Bertz CT molecular complexity index is 710. The zero-order chi connectivity index (χ0) is 18.7. The second-order valence-electron chi connectivity index (χ2n) is 6.18. The first-order chi connectivity index (χ1) is 12.5. The Morgan fingerprint density at radius 2 is 2.04 bits per heavy atom. The standard InChI is InChI=1S/C19H20O7/c1-11(20)13(25-19(23)12-5-3-2-4-6-12)7-8-14-17(22)18-15(24-14)9-10-16(21)26-18/h2-11,13-15,17-18,20,22H,1H3. The van der Waals surface area contributed by atoms with E-state index in [0.29, 0.717) is 5.56 Å². The summed E-state index contributed by atoms with van der Waals surface area (Å²) in [6.45, 7) is 1.49. The first-order valence-electron chi connectivity index (χ1n) is 8.30. The summed E-state index contributed by atoms with van der Waals surface area (Å²) in [4.78, 5) is 23.4. The van der Waals surface area contributed by atoms with Crippen LogP contribution < -0.4 is 0 Å². The lowest BCUT2D eigenvalue weighted by Crippen LogP contribution is -2.38. The van der Waals surface area contributed by atoms with Crippen molar-refractivity contribution in [2.75, 3.05) is 0 Å². The minimum Gasteiger partial charge on any atom is -0.453 e. The molecule has 0 aromatic heterocycles. The highest BCUT2D eigenvalue weighted by Gasteiger charge is 2.45. The van der Waals surface area contributed by atoms with Gasteiger partial charge in [-0.25, -0.2) is 9.59 Å². The molecule has 138 valence electrons. The van der Waals surface area contributed by atoms with Crippen molar-refractivity contribution in [2.45, 2.75) is 43.5 Å². The molecule has 3 rings (SSSR count). The first kappa shape index (κ1) is 18.3. The zero-order valence-electron chi connectivity index (χ0n) is 14.1. The molecule has 1 fully saturated rings. The van der Waals surface area contributed by atoms with Crippen molar-refractivity contribution >= 4 is 11.9 Å². The molecule has 2 aliphatic heterocycles. The van der Waals surface area contributed by atoms with E-state index in [0.717, 1.165) is 0 Å². The third kappa shape index (κ3) is 4.01. The smallest absolute Gasteiger partial charge is 0.338 e. The fourth-order valence-corrected chi connectivity index (χ4v) is 2.80. The lowest BCUT2D eigenvalue weighted by atomic mass is 10.0. The molecular weight excluding hydrogens is 340 g/mol. The predicted octanol–water partition coefficient (Wildman–Crippen LogP) is 0.759. The van der Waals surface area contributed by atoms with Gasteiger partial charge < -0.3 is 24.4 Å². The molecule has 2 heterocycles. The minimum atomic E-state index is -1.05. The summed E-state index contributed by atoms with van der Waals surface area (Å²) in [6.07, 6.45) is 0.754. The van der Waals surface area contributed by atoms with Crippen LogP contribution in [0.3, 0.4) is 0 Å². The van der Waals surface area contributed by atoms with Gasteiger partial charge in [0.1, 0.15) is 24.4 Å². The number of ether oxygens (including phenoxy) is 3. The van der Waals surface area contributed by atoms with Gasteiger partial charge in [-0.2, -0.15) is 0 Å². The SMILES string of the molecule is CC(O)C(C=CC1OC2C=CC(=O)OC2C1O)OC(=O)c1ccccc1. The maximum Gasteiger partial charge on any atom is 0.338 e. The number of benzene rings is 1. The molecule has 7 heteroatoms. The topological polar surface area (TPSA) is 102 Å². The number of esters is 2. The van der Waals surface area contributed by atoms with Crippen LogP contribution in [-0.2, 0) is 19.0 Å². The maximum atomic E-state index is 12.1. The lowest BCUT2D eigenvalue weighted by Gasteiger charge is -2.20. The highest BCUT2D eigenvalue weighted by molar-refractivity contribution is 5.89. The Kier molecular flexibility index (Phi) is 5.51. The van der Waals surface area contributed by atoms with Crippen LogP contribution in [0.15, 0.2) is 54.6 Å². The highest BCUT2D eigenvalue weighted by Crippen LogP contribution is 2.28. The quantitative estimate of drug-likeness (QED) is 0.590. The van der Waals surface area contributed by atoms with Crippen molar-refractivity contribution in [3.8, 4) is 0 Å². The summed E-state index contributed by atoms with van der Waals surface area (Å²) in [5, 5.41) is 20.1. The van der Waals surface area contributed by atoms with Crippen LogP contribution in [0, 0.1) is 0 Å². The Morgan fingerprint density at radius 1 is 1.31 bits per heavy atom. The van der Waals surface area contributed by atoms with E-state index in [4.69, 9.17) is 14.2 Å². The summed E-state index contributed by atoms with van der Waals surface area (Å²) in [7, 11) is 0. The van der Waals surface area contributed by atoms with E-state index < -0.39 is 48.6 Å². The Labute approximate surface area is 150 Å². The number of aliphatic hydroxyl groups is 2. The van der Waals surface area contributed by atoms with Gasteiger partial charge in [0, 0.05) is 6.08 Å². The number of carbonyl (C=O) groups excluding carboxylic acids is 2. The molecule has 0 spiro atoms. The highest BCUT2D eigenvalue weighted by atomic mass is 16.6. The van der Waals surface area contributed by atoms with Crippen LogP contribution in [0.4, 0.5) is 0 Å². The van der Waals surface area contributed by atoms with E-state index >= 15 is 0 Å². The zero-order valence-corrected chi connectivity index (χ0v) is 14.1. The molecule has 2 aliphatic rings. The fraction of sp³-hybridized carbons (Fsp3) is 0.368. The van der Waals surface area contributed by atoms with Gasteiger partial charge >= 0.3 is 11.9 Å². The van der Waals surface area contributed by atoms with Gasteiger partial charge in [-0.15, -0.1) is 0 Å². The lowest BCUT2D eigenvalue weighted by molar-refractivity contribution is -0.150. The molecule has 6 unspecified atom stereocenters. The Hall–Kier alpha value is -2.48. The number of hydrogen-bond acceptors (Lipinski definition) is 7. The molecule has 0 amide bonds. The molecule has 1 aromatic rings. The van der Waals surface area contributed by atoms with Crippen LogP contribution >= 0.6 is 0 Å². The minimum absolute atomic E-state index is 0.367. The number of carbonyl (C=O) groups is 2. The van der Waals surface area contributed by atoms with Crippen molar-refractivity contribution in [2.24, 2.45) is 0 Å². The molecule has 7 nitrogen and oxygen atoms in total. The summed E-state index contributed by atoms with van der Waals surface area (Å²) in [6, 6.07) is 8.43. The number of hydrogen-bond donors (Lipinski definition) is 2. The summed E-state index contributed by atoms with van der Waals surface area (Å²) >= 11 is 0. The van der Waals surface area contributed by atoms with Gasteiger partial charge in [0.2, 0.25) is 0 Å². The van der Waals surface area contributed by atoms with Crippen LogP contribution in [0.2, 0.25) is 0 Å². The van der Waals surface area contributed by atoms with Gasteiger partial charge in [0.25, 0.3) is 0 Å². The Balaban J connectivity index is 1.66. The molecule has 0 bridgehead atoms. The Morgan fingerprint density at radius 3 is 2.73 bits per heavy atom. The van der Waals surface area contributed by atoms with E-state index in [9.17, 15) is 19.8 Å². The average Bonchev–Trinajstić information content (AvgIpc) is 2.94.